The number of carbonyl (C=O) groups is 1. The molecule has 0 unspecified atom stereocenters. The predicted octanol–water partition coefficient (Wildman–Crippen LogP) is 0.437. The van der Waals surface area contributed by atoms with Gasteiger partial charge < -0.3 is 10.0 Å². The smallest absolute Gasteiger partial charge is 0.255 e. The first-order chi connectivity index (χ1) is 12.1. The van der Waals surface area contributed by atoms with Crippen molar-refractivity contribution in [1.29, 1.82) is 0 Å². The largest absolute Gasteiger partial charge is 0.392 e. The third-order valence-electron chi connectivity index (χ3n) is 6.36. The fourth-order valence-corrected chi connectivity index (χ4v) is 5.10. The number of nitrogens with zero attached hydrogens (tertiary/aromatic N) is 4. The van der Waals surface area contributed by atoms with Gasteiger partial charge in [0.25, 0.3) is 5.91 Å². The molecule has 4 heterocycles. The Bertz CT molecular complexity index is 657. The van der Waals surface area contributed by atoms with Gasteiger partial charge in [0.15, 0.2) is 0 Å². The van der Waals surface area contributed by atoms with Gasteiger partial charge in [0.2, 0.25) is 0 Å². The van der Waals surface area contributed by atoms with Gasteiger partial charge in [-0.3, -0.25) is 19.6 Å². The van der Waals surface area contributed by atoms with Crippen LogP contribution in [0, 0.1) is 5.92 Å². The van der Waals surface area contributed by atoms with Gasteiger partial charge in [0.1, 0.15) is 0 Å². The molecule has 25 heavy (non-hydrogen) atoms. The summed E-state index contributed by atoms with van der Waals surface area (Å²) in [5.74, 6) is 0.975. The van der Waals surface area contributed by atoms with E-state index in [0.717, 1.165) is 45.1 Å². The molecule has 0 aromatic carbocycles. The van der Waals surface area contributed by atoms with Crippen molar-refractivity contribution in [3.8, 4) is 0 Å². The molecule has 5 rings (SSSR count). The molecule has 1 N–H and O–H groups in total. The van der Waals surface area contributed by atoms with Crippen molar-refractivity contribution in [2.24, 2.45) is 5.92 Å². The van der Waals surface area contributed by atoms with E-state index in [2.05, 4.69) is 14.8 Å². The highest BCUT2D eigenvalue weighted by Gasteiger charge is 2.57. The summed E-state index contributed by atoms with van der Waals surface area (Å²) in [6.45, 7) is 5.52. The van der Waals surface area contributed by atoms with Crippen LogP contribution in [0.25, 0.3) is 0 Å². The Balaban J connectivity index is 1.35. The van der Waals surface area contributed by atoms with Crippen molar-refractivity contribution in [1.82, 2.24) is 19.7 Å². The fraction of sp³-hybridized carbons (Fsp3) is 0.684. The number of aliphatic hydroxyl groups excluding tert-OH is 1. The molecule has 1 aromatic heterocycles. The molecular formula is C19H26N4O2. The molecule has 0 bridgehead atoms. The number of aromatic nitrogens is 1. The van der Waals surface area contributed by atoms with Crippen molar-refractivity contribution >= 4 is 5.91 Å². The molecule has 1 amide bonds. The topological polar surface area (TPSA) is 59.9 Å². The lowest BCUT2D eigenvalue weighted by Crippen LogP contribution is -2.78. The average molecular weight is 342 g/mol. The maximum absolute atomic E-state index is 13.0. The van der Waals surface area contributed by atoms with Crippen LogP contribution in [0.2, 0.25) is 0 Å². The van der Waals surface area contributed by atoms with Crippen LogP contribution in [0.4, 0.5) is 0 Å². The van der Waals surface area contributed by atoms with Crippen molar-refractivity contribution in [3.05, 3.63) is 30.1 Å². The highest BCUT2D eigenvalue weighted by atomic mass is 16.3. The van der Waals surface area contributed by atoms with Gasteiger partial charge in [-0.25, -0.2) is 0 Å². The van der Waals surface area contributed by atoms with E-state index < -0.39 is 0 Å². The quantitative estimate of drug-likeness (QED) is 0.864. The van der Waals surface area contributed by atoms with Crippen LogP contribution in [-0.2, 0) is 0 Å². The van der Waals surface area contributed by atoms with E-state index in [1.54, 1.807) is 12.4 Å². The zero-order valence-corrected chi connectivity index (χ0v) is 14.5. The third-order valence-corrected chi connectivity index (χ3v) is 6.36. The Morgan fingerprint density at radius 2 is 2.12 bits per heavy atom. The Morgan fingerprint density at radius 3 is 2.84 bits per heavy atom. The first-order valence-electron chi connectivity index (χ1n) is 9.49. The lowest BCUT2D eigenvalue weighted by molar-refractivity contribution is -0.106. The lowest BCUT2D eigenvalue weighted by Gasteiger charge is -2.61. The Hall–Kier alpha value is -1.50. The number of rotatable bonds is 3. The predicted molar refractivity (Wildman–Crippen MR) is 93.2 cm³/mol. The van der Waals surface area contributed by atoms with Gasteiger partial charge in [-0.1, -0.05) is 0 Å². The van der Waals surface area contributed by atoms with E-state index in [9.17, 15) is 9.90 Å². The molecule has 1 aromatic rings. The van der Waals surface area contributed by atoms with Crippen LogP contribution >= 0.6 is 0 Å². The standard InChI is InChI=1S/C19H26N4O2/c24-17-6-16-9-22(18(25)15-2-1-5-20-7-15)13-19(23(16)10-17)11-21(12-19)8-14-3-4-14/h1-2,5,7,14,16-17,24H,3-4,6,8-13H2/t16-,17-/m1/s1. The first-order valence-corrected chi connectivity index (χ1v) is 9.49. The lowest BCUT2D eigenvalue weighted by atomic mass is 9.83. The second-order valence-corrected chi connectivity index (χ2v) is 8.46. The van der Waals surface area contributed by atoms with E-state index >= 15 is 0 Å². The molecule has 1 aliphatic carbocycles. The number of fused-ring (bicyclic) bond motifs is 2. The summed E-state index contributed by atoms with van der Waals surface area (Å²) in [7, 11) is 0. The van der Waals surface area contributed by atoms with Gasteiger partial charge in [-0.2, -0.15) is 0 Å². The summed E-state index contributed by atoms with van der Waals surface area (Å²) in [5, 5.41) is 10.2. The zero-order valence-electron chi connectivity index (χ0n) is 14.5. The molecule has 134 valence electrons. The molecule has 1 saturated carbocycles. The van der Waals surface area contributed by atoms with Gasteiger partial charge in [-0.05, 0) is 37.3 Å². The molecule has 0 radical (unpaired) electrons. The van der Waals surface area contributed by atoms with Gasteiger partial charge in [0.05, 0.1) is 17.2 Å². The van der Waals surface area contributed by atoms with Crippen LogP contribution in [0.5, 0.6) is 0 Å². The number of piperazine rings is 1. The maximum Gasteiger partial charge on any atom is 0.255 e. The van der Waals surface area contributed by atoms with Gasteiger partial charge >= 0.3 is 0 Å². The number of β-amino-alcohol motifs (C(OH)–C–C–N with tert-alkyl or cyclic N) is 1. The van der Waals surface area contributed by atoms with Crippen LogP contribution in [-0.4, -0.2) is 87.7 Å². The van der Waals surface area contributed by atoms with E-state index in [1.165, 1.54) is 19.4 Å². The molecule has 2 atom stereocenters. The highest BCUT2D eigenvalue weighted by molar-refractivity contribution is 5.94. The third kappa shape index (κ3) is 2.76. The molecule has 1 spiro atoms. The summed E-state index contributed by atoms with van der Waals surface area (Å²) in [6.07, 6.45) is 6.63. The number of amides is 1. The fourth-order valence-electron chi connectivity index (χ4n) is 5.10. The normalized spacial score (nSPS) is 31.8. The van der Waals surface area contributed by atoms with Gasteiger partial charge in [-0.15, -0.1) is 0 Å². The summed E-state index contributed by atoms with van der Waals surface area (Å²) in [5.41, 5.74) is 0.700. The van der Waals surface area contributed by atoms with Crippen molar-refractivity contribution in [2.75, 3.05) is 39.3 Å². The van der Waals surface area contributed by atoms with Crippen LogP contribution < -0.4 is 0 Å². The number of aliphatic hydroxyl groups is 1. The first kappa shape index (κ1) is 15.7. The average Bonchev–Trinajstić information content (AvgIpc) is 3.32. The van der Waals surface area contributed by atoms with Crippen LogP contribution in [0.3, 0.4) is 0 Å². The van der Waals surface area contributed by atoms with E-state index in [1.807, 2.05) is 17.0 Å². The van der Waals surface area contributed by atoms with Crippen molar-refractivity contribution in [3.63, 3.8) is 0 Å². The van der Waals surface area contributed by atoms with Crippen molar-refractivity contribution in [2.45, 2.75) is 36.9 Å². The molecule has 4 fully saturated rings. The minimum atomic E-state index is -0.257. The van der Waals surface area contributed by atoms with Crippen LogP contribution in [0.1, 0.15) is 29.6 Å². The summed E-state index contributed by atoms with van der Waals surface area (Å²) in [4.78, 5) is 24.1. The summed E-state index contributed by atoms with van der Waals surface area (Å²) in [6, 6.07) is 3.95. The summed E-state index contributed by atoms with van der Waals surface area (Å²) >= 11 is 0. The molecule has 6 heteroatoms. The zero-order chi connectivity index (χ0) is 17.0. The molecule has 3 saturated heterocycles. The van der Waals surface area contributed by atoms with E-state index in [4.69, 9.17) is 0 Å². The number of carbonyl (C=O) groups excluding carboxylic acids is 1. The molecular weight excluding hydrogens is 316 g/mol. The number of hydrogen-bond acceptors (Lipinski definition) is 5. The van der Waals surface area contributed by atoms with Crippen LogP contribution in [0.15, 0.2) is 24.5 Å². The second-order valence-electron chi connectivity index (χ2n) is 8.46. The number of hydrogen-bond donors (Lipinski definition) is 1. The monoisotopic (exact) mass is 342 g/mol. The molecule has 3 aliphatic heterocycles. The van der Waals surface area contributed by atoms with E-state index in [0.29, 0.717) is 5.56 Å². The Morgan fingerprint density at radius 1 is 1.28 bits per heavy atom. The van der Waals surface area contributed by atoms with Gasteiger partial charge in [0, 0.05) is 57.7 Å². The number of likely N-dealkylation sites (tertiary alicyclic amines) is 1. The SMILES string of the molecule is O=C(c1cccnc1)N1C[C@H]2C[C@@H](O)CN2C2(CN(CC3CC3)C2)C1. The summed E-state index contributed by atoms with van der Waals surface area (Å²) < 4.78 is 0. The minimum Gasteiger partial charge on any atom is -0.392 e. The molecule has 6 nitrogen and oxygen atoms in total. The Labute approximate surface area is 148 Å². The van der Waals surface area contributed by atoms with Crippen molar-refractivity contribution < 1.29 is 9.90 Å². The maximum atomic E-state index is 13.0. The molecule has 4 aliphatic rings. The second kappa shape index (κ2) is 5.76. The minimum absolute atomic E-state index is 0.0349. The number of pyridine rings is 1. The Kier molecular flexibility index (Phi) is 3.62. The van der Waals surface area contributed by atoms with E-state index in [-0.39, 0.29) is 23.6 Å². The highest BCUT2D eigenvalue weighted by Crippen LogP contribution is 2.41.